The van der Waals surface area contributed by atoms with E-state index in [2.05, 4.69) is 86.3 Å². The lowest BCUT2D eigenvalue weighted by atomic mass is 9.89. The second kappa shape index (κ2) is 8.91. The first-order chi connectivity index (χ1) is 15.7. The van der Waals surface area contributed by atoms with Crippen molar-refractivity contribution < 1.29 is 4.74 Å². The van der Waals surface area contributed by atoms with E-state index in [4.69, 9.17) is 9.72 Å². The van der Waals surface area contributed by atoms with Crippen molar-refractivity contribution >= 4 is 21.7 Å². The number of hydrogen-bond donors (Lipinski definition) is 0. The van der Waals surface area contributed by atoms with Gasteiger partial charge in [-0.15, -0.1) is 0 Å². The molecule has 2 heterocycles. The van der Waals surface area contributed by atoms with E-state index in [-0.39, 0.29) is 0 Å². The van der Waals surface area contributed by atoms with Crippen LogP contribution in [0.5, 0.6) is 5.75 Å². The molecule has 32 heavy (non-hydrogen) atoms. The zero-order valence-corrected chi connectivity index (χ0v) is 19.4. The van der Waals surface area contributed by atoms with Gasteiger partial charge in [0.2, 0.25) is 0 Å². The molecule has 164 valence electrons. The fourth-order valence-electron chi connectivity index (χ4n) is 4.95. The SMILES string of the molecule is CCCN1CCc2c(c(-c3ccccc3OCC(C)C)nc3ccc4ccccc4c23)C1. The highest BCUT2D eigenvalue weighted by Crippen LogP contribution is 2.40. The number of nitrogens with zero attached hydrogens (tertiary/aromatic N) is 2. The maximum absolute atomic E-state index is 6.25. The second-order valence-electron chi connectivity index (χ2n) is 9.33. The molecule has 1 aromatic heterocycles. The van der Waals surface area contributed by atoms with E-state index in [0.717, 1.165) is 48.6 Å². The van der Waals surface area contributed by atoms with Crippen molar-refractivity contribution in [2.24, 2.45) is 5.92 Å². The van der Waals surface area contributed by atoms with Crippen LogP contribution in [0.15, 0.2) is 60.7 Å². The Morgan fingerprint density at radius 3 is 2.62 bits per heavy atom. The third-order valence-electron chi connectivity index (χ3n) is 6.41. The van der Waals surface area contributed by atoms with Gasteiger partial charge in [0.25, 0.3) is 0 Å². The number of ether oxygens (including phenoxy) is 1. The number of rotatable bonds is 6. The monoisotopic (exact) mass is 424 g/mol. The molecule has 5 rings (SSSR count). The number of para-hydroxylation sites is 1. The molecule has 1 aliphatic rings. The van der Waals surface area contributed by atoms with Crippen LogP contribution in [0.25, 0.3) is 32.9 Å². The van der Waals surface area contributed by atoms with Gasteiger partial charge < -0.3 is 4.74 Å². The van der Waals surface area contributed by atoms with Crippen LogP contribution in [-0.4, -0.2) is 29.6 Å². The Morgan fingerprint density at radius 1 is 0.969 bits per heavy atom. The first-order valence-electron chi connectivity index (χ1n) is 11.9. The molecule has 0 unspecified atom stereocenters. The Bertz CT molecular complexity index is 1260. The summed E-state index contributed by atoms with van der Waals surface area (Å²) in [5.74, 6) is 1.41. The fraction of sp³-hybridized carbons (Fsp3) is 0.345. The minimum absolute atomic E-state index is 0.480. The van der Waals surface area contributed by atoms with E-state index < -0.39 is 0 Å². The molecule has 0 amide bonds. The maximum atomic E-state index is 6.25. The largest absolute Gasteiger partial charge is 0.493 e. The Labute approximate surface area is 191 Å². The van der Waals surface area contributed by atoms with Gasteiger partial charge in [0.15, 0.2) is 0 Å². The first-order valence-corrected chi connectivity index (χ1v) is 11.9. The third-order valence-corrected chi connectivity index (χ3v) is 6.41. The first kappa shape index (κ1) is 21.0. The van der Waals surface area contributed by atoms with Crippen LogP contribution in [0.1, 0.15) is 38.3 Å². The average Bonchev–Trinajstić information content (AvgIpc) is 2.82. The molecule has 0 spiro atoms. The van der Waals surface area contributed by atoms with Crippen molar-refractivity contribution in [2.75, 3.05) is 19.7 Å². The molecule has 0 N–H and O–H groups in total. The van der Waals surface area contributed by atoms with Crippen LogP contribution < -0.4 is 4.74 Å². The van der Waals surface area contributed by atoms with Gasteiger partial charge in [0, 0.05) is 24.0 Å². The van der Waals surface area contributed by atoms with Crippen LogP contribution in [0.4, 0.5) is 0 Å². The standard InChI is InChI=1S/C29H32N2O/c1-4-16-31-17-15-23-25(18-31)29(24-11-7-8-12-27(24)32-19-20(2)3)30-26-14-13-21-9-5-6-10-22(21)28(23)26/h5-14,20H,4,15-19H2,1-3H3. The molecule has 3 nitrogen and oxygen atoms in total. The minimum Gasteiger partial charge on any atom is -0.493 e. The van der Waals surface area contributed by atoms with Gasteiger partial charge in [-0.25, -0.2) is 4.98 Å². The zero-order chi connectivity index (χ0) is 22.1. The van der Waals surface area contributed by atoms with E-state index >= 15 is 0 Å². The van der Waals surface area contributed by atoms with Gasteiger partial charge in [0.05, 0.1) is 17.8 Å². The highest BCUT2D eigenvalue weighted by molar-refractivity contribution is 6.09. The van der Waals surface area contributed by atoms with Crippen molar-refractivity contribution in [2.45, 2.75) is 40.2 Å². The predicted molar refractivity (Wildman–Crippen MR) is 134 cm³/mol. The predicted octanol–water partition coefficient (Wildman–Crippen LogP) is 6.86. The van der Waals surface area contributed by atoms with Crippen LogP contribution in [0.3, 0.4) is 0 Å². The summed E-state index contributed by atoms with van der Waals surface area (Å²) in [5.41, 5.74) is 6.11. The second-order valence-corrected chi connectivity index (χ2v) is 9.33. The smallest absolute Gasteiger partial charge is 0.128 e. The number of hydrogen-bond acceptors (Lipinski definition) is 3. The molecule has 0 saturated heterocycles. The van der Waals surface area contributed by atoms with Crippen LogP contribution in [-0.2, 0) is 13.0 Å². The average molecular weight is 425 g/mol. The van der Waals surface area contributed by atoms with E-state index in [1.807, 2.05) is 0 Å². The zero-order valence-electron chi connectivity index (χ0n) is 19.4. The molecule has 0 bridgehead atoms. The molecular weight excluding hydrogens is 392 g/mol. The summed E-state index contributed by atoms with van der Waals surface area (Å²) in [6.45, 7) is 10.5. The van der Waals surface area contributed by atoms with Gasteiger partial charge in [-0.2, -0.15) is 0 Å². The Morgan fingerprint density at radius 2 is 1.78 bits per heavy atom. The van der Waals surface area contributed by atoms with E-state index in [1.165, 1.54) is 33.7 Å². The summed E-state index contributed by atoms with van der Waals surface area (Å²) >= 11 is 0. The van der Waals surface area contributed by atoms with Crippen molar-refractivity contribution in [1.29, 1.82) is 0 Å². The lowest BCUT2D eigenvalue weighted by Gasteiger charge is -2.31. The summed E-state index contributed by atoms with van der Waals surface area (Å²) in [6.07, 6.45) is 2.23. The van der Waals surface area contributed by atoms with Crippen molar-refractivity contribution in [1.82, 2.24) is 9.88 Å². The molecule has 4 aromatic rings. The van der Waals surface area contributed by atoms with E-state index in [9.17, 15) is 0 Å². The van der Waals surface area contributed by atoms with E-state index in [1.54, 1.807) is 0 Å². The van der Waals surface area contributed by atoms with Gasteiger partial charge in [-0.1, -0.05) is 63.2 Å². The molecular formula is C29H32N2O. The molecule has 1 aliphatic heterocycles. The molecule has 0 saturated carbocycles. The Hall–Kier alpha value is -2.91. The van der Waals surface area contributed by atoms with Crippen LogP contribution >= 0.6 is 0 Å². The van der Waals surface area contributed by atoms with Crippen LogP contribution in [0.2, 0.25) is 0 Å². The molecule has 3 heteroatoms. The summed E-state index contributed by atoms with van der Waals surface area (Å²) < 4.78 is 6.25. The van der Waals surface area contributed by atoms with Crippen molar-refractivity contribution in [3.63, 3.8) is 0 Å². The third kappa shape index (κ3) is 3.86. The topological polar surface area (TPSA) is 25.4 Å². The molecule has 3 aromatic carbocycles. The lowest BCUT2D eigenvalue weighted by Crippen LogP contribution is -2.32. The van der Waals surface area contributed by atoms with Gasteiger partial charge in [0.1, 0.15) is 5.75 Å². The minimum atomic E-state index is 0.480. The highest BCUT2D eigenvalue weighted by atomic mass is 16.5. The highest BCUT2D eigenvalue weighted by Gasteiger charge is 2.25. The van der Waals surface area contributed by atoms with Gasteiger partial charge in [-0.3, -0.25) is 4.90 Å². The summed E-state index contributed by atoms with van der Waals surface area (Å²) in [7, 11) is 0. The summed E-state index contributed by atoms with van der Waals surface area (Å²) in [4.78, 5) is 7.86. The van der Waals surface area contributed by atoms with Crippen molar-refractivity contribution in [3.8, 4) is 17.0 Å². The van der Waals surface area contributed by atoms with Gasteiger partial charge >= 0.3 is 0 Å². The molecule has 0 fully saturated rings. The Balaban J connectivity index is 1.75. The molecule has 0 atom stereocenters. The maximum Gasteiger partial charge on any atom is 0.128 e. The number of benzene rings is 3. The van der Waals surface area contributed by atoms with Crippen LogP contribution in [0, 0.1) is 5.92 Å². The number of aromatic nitrogens is 1. The molecule has 0 radical (unpaired) electrons. The quantitative estimate of drug-likeness (QED) is 0.316. The Kier molecular flexibility index (Phi) is 5.84. The number of fused-ring (bicyclic) bond motifs is 5. The van der Waals surface area contributed by atoms with Gasteiger partial charge in [-0.05, 0) is 65.4 Å². The van der Waals surface area contributed by atoms with E-state index in [0.29, 0.717) is 12.5 Å². The summed E-state index contributed by atoms with van der Waals surface area (Å²) in [5, 5.41) is 3.93. The van der Waals surface area contributed by atoms with Crippen molar-refractivity contribution in [3.05, 3.63) is 71.8 Å². The molecule has 0 aliphatic carbocycles. The summed E-state index contributed by atoms with van der Waals surface area (Å²) in [6, 6.07) is 21.5. The fourth-order valence-corrected chi connectivity index (χ4v) is 4.95. The lowest BCUT2D eigenvalue weighted by molar-refractivity contribution is 0.255. The number of pyridine rings is 1. The normalized spacial score (nSPS) is 14.2.